The number of aliphatic imine (C=N–C) groups is 1. The van der Waals surface area contributed by atoms with Gasteiger partial charge in [-0.2, -0.15) is 0 Å². The molecule has 1 aromatic carbocycles. The van der Waals surface area contributed by atoms with E-state index < -0.39 is 0 Å². The number of likely N-dealkylation sites (N-methyl/N-ethyl adjacent to an activating group) is 1. The predicted molar refractivity (Wildman–Crippen MR) is 125 cm³/mol. The average Bonchev–Trinajstić information content (AvgIpc) is 2.76. The van der Waals surface area contributed by atoms with Crippen LogP contribution in [-0.4, -0.2) is 58.5 Å². The first-order valence-electron chi connectivity index (χ1n) is 10.6. The minimum atomic E-state index is -0.317. The number of halogens is 1. The van der Waals surface area contributed by atoms with Gasteiger partial charge in [0.25, 0.3) is 0 Å². The van der Waals surface area contributed by atoms with Gasteiger partial charge in [0.1, 0.15) is 17.8 Å². The van der Waals surface area contributed by atoms with Crippen LogP contribution < -0.4 is 5.32 Å². The molecule has 1 unspecified atom stereocenters. The summed E-state index contributed by atoms with van der Waals surface area (Å²) in [5, 5.41) is 3.58. The highest BCUT2D eigenvalue weighted by molar-refractivity contribution is 5.81. The minimum absolute atomic E-state index is 0.105. The lowest BCUT2D eigenvalue weighted by Crippen LogP contribution is -2.48. The van der Waals surface area contributed by atoms with E-state index in [9.17, 15) is 4.39 Å². The molecule has 164 valence electrons. The maximum absolute atomic E-state index is 14.0. The van der Waals surface area contributed by atoms with Crippen LogP contribution in [0, 0.1) is 5.82 Å². The highest BCUT2D eigenvalue weighted by Gasteiger charge is 2.19. The smallest absolute Gasteiger partial charge is 0.159 e. The van der Waals surface area contributed by atoms with Crippen LogP contribution in [0.25, 0.3) is 17.1 Å². The first-order valence-corrected chi connectivity index (χ1v) is 10.6. The molecule has 6 nitrogen and oxygen atoms in total. The molecule has 0 radical (unpaired) electrons. The number of allylic oxidation sites excluding steroid dienone is 1. The van der Waals surface area contributed by atoms with Crippen molar-refractivity contribution in [2.24, 2.45) is 4.99 Å². The summed E-state index contributed by atoms with van der Waals surface area (Å²) < 4.78 is 14.0. The van der Waals surface area contributed by atoms with Crippen molar-refractivity contribution in [2.45, 2.75) is 33.4 Å². The van der Waals surface area contributed by atoms with Crippen molar-refractivity contribution in [3.8, 4) is 11.4 Å². The fourth-order valence-electron chi connectivity index (χ4n) is 3.67. The van der Waals surface area contributed by atoms with E-state index in [2.05, 4.69) is 49.7 Å². The zero-order valence-electron chi connectivity index (χ0n) is 18.8. The van der Waals surface area contributed by atoms with Gasteiger partial charge < -0.3 is 9.80 Å². The number of hydrogen-bond donors (Lipinski definition) is 1. The number of benzene rings is 1. The summed E-state index contributed by atoms with van der Waals surface area (Å²) in [6, 6.07) is 6.45. The molecule has 0 bridgehead atoms. The molecule has 0 fully saturated rings. The second-order valence-electron chi connectivity index (χ2n) is 7.67. The van der Waals surface area contributed by atoms with Crippen molar-refractivity contribution in [3.05, 3.63) is 66.4 Å². The summed E-state index contributed by atoms with van der Waals surface area (Å²) in [6.07, 6.45) is 6.53. The van der Waals surface area contributed by atoms with E-state index in [0.29, 0.717) is 11.4 Å². The predicted octanol–water partition coefficient (Wildman–Crippen LogP) is 4.15. The Morgan fingerprint density at radius 3 is 2.68 bits per heavy atom. The molecule has 1 atom stereocenters. The molecule has 2 heterocycles. The molecule has 1 aliphatic heterocycles. The van der Waals surface area contributed by atoms with Crippen molar-refractivity contribution in [3.63, 3.8) is 0 Å². The molecule has 3 rings (SSSR count). The number of amidine groups is 1. The Kier molecular flexibility index (Phi) is 7.52. The zero-order chi connectivity index (χ0) is 22.4. The van der Waals surface area contributed by atoms with Gasteiger partial charge in [-0.15, -0.1) is 0 Å². The summed E-state index contributed by atoms with van der Waals surface area (Å²) >= 11 is 0. The molecule has 7 heteroatoms. The van der Waals surface area contributed by atoms with Crippen LogP contribution in [0.2, 0.25) is 0 Å². The second kappa shape index (κ2) is 10.3. The molecule has 1 aromatic heterocycles. The lowest BCUT2D eigenvalue weighted by Gasteiger charge is -2.33. The SMILES string of the molecule is C=C(c1ccc(F)cc1-c1ncccn1)N(CCC)CCNC1C=C(C)N=C(C)N1C. The van der Waals surface area contributed by atoms with Crippen molar-refractivity contribution < 1.29 is 4.39 Å². The van der Waals surface area contributed by atoms with E-state index in [1.54, 1.807) is 24.5 Å². The van der Waals surface area contributed by atoms with Crippen LogP contribution in [0.15, 0.2) is 60.0 Å². The molecular formula is C24H31FN6. The van der Waals surface area contributed by atoms with Gasteiger partial charge in [0.2, 0.25) is 0 Å². The van der Waals surface area contributed by atoms with Crippen molar-refractivity contribution >= 4 is 11.5 Å². The fraction of sp³-hybridized carbons (Fsp3) is 0.375. The standard InChI is InChI=1S/C24H31FN6/c1-6-13-31(14-12-26-23-15-17(2)29-19(4)30(23)5)18(3)21-9-8-20(25)16-22(21)24-27-10-7-11-28-24/h7-11,15-16,23,26H,3,6,12-14H2,1-2,4-5H3. The van der Waals surface area contributed by atoms with E-state index in [4.69, 9.17) is 0 Å². The maximum atomic E-state index is 14.0. The van der Waals surface area contributed by atoms with Crippen LogP contribution >= 0.6 is 0 Å². The first kappa shape index (κ1) is 22.6. The molecule has 0 aliphatic carbocycles. The number of rotatable bonds is 9. The molecule has 0 amide bonds. The monoisotopic (exact) mass is 422 g/mol. The lowest BCUT2D eigenvalue weighted by atomic mass is 10.0. The Hall–Kier alpha value is -3.06. The van der Waals surface area contributed by atoms with Crippen molar-refractivity contribution in [1.29, 1.82) is 0 Å². The summed E-state index contributed by atoms with van der Waals surface area (Å²) in [6.45, 7) is 12.9. The topological polar surface area (TPSA) is 56.7 Å². The zero-order valence-corrected chi connectivity index (χ0v) is 18.8. The highest BCUT2D eigenvalue weighted by Crippen LogP contribution is 2.28. The normalized spacial score (nSPS) is 16.0. The van der Waals surface area contributed by atoms with E-state index in [-0.39, 0.29) is 12.0 Å². The van der Waals surface area contributed by atoms with E-state index in [1.165, 1.54) is 12.1 Å². The van der Waals surface area contributed by atoms with Gasteiger partial charge in [-0.05, 0) is 50.6 Å². The van der Waals surface area contributed by atoms with E-state index >= 15 is 0 Å². The van der Waals surface area contributed by atoms with Crippen LogP contribution in [0.3, 0.4) is 0 Å². The highest BCUT2D eigenvalue weighted by atomic mass is 19.1. The molecule has 0 saturated carbocycles. The maximum Gasteiger partial charge on any atom is 0.159 e. The largest absolute Gasteiger partial charge is 0.370 e. The Labute approximate surface area is 184 Å². The Morgan fingerprint density at radius 2 is 1.97 bits per heavy atom. The Morgan fingerprint density at radius 1 is 1.23 bits per heavy atom. The van der Waals surface area contributed by atoms with Crippen molar-refractivity contribution in [1.82, 2.24) is 25.1 Å². The first-order chi connectivity index (χ1) is 14.9. The molecular weight excluding hydrogens is 391 g/mol. The summed E-state index contributed by atoms with van der Waals surface area (Å²) in [5.41, 5.74) is 3.35. The van der Waals surface area contributed by atoms with E-state index in [1.807, 2.05) is 20.9 Å². The van der Waals surface area contributed by atoms with Gasteiger partial charge in [0, 0.05) is 61.6 Å². The third-order valence-corrected chi connectivity index (χ3v) is 5.37. The molecule has 1 N–H and O–H groups in total. The van der Waals surface area contributed by atoms with Crippen LogP contribution in [-0.2, 0) is 0 Å². The third-order valence-electron chi connectivity index (χ3n) is 5.37. The van der Waals surface area contributed by atoms with Crippen LogP contribution in [0.5, 0.6) is 0 Å². The van der Waals surface area contributed by atoms with Gasteiger partial charge in [0.05, 0.1) is 0 Å². The minimum Gasteiger partial charge on any atom is -0.370 e. The molecule has 1 aliphatic rings. The quantitative estimate of drug-likeness (QED) is 0.658. The molecule has 0 saturated heterocycles. The summed E-state index contributed by atoms with van der Waals surface area (Å²) in [7, 11) is 2.03. The van der Waals surface area contributed by atoms with Gasteiger partial charge in [-0.1, -0.05) is 13.5 Å². The number of nitrogens with one attached hydrogen (secondary N) is 1. The average molecular weight is 423 g/mol. The van der Waals surface area contributed by atoms with Gasteiger partial charge in [-0.3, -0.25) is 5.32 Å². The van der Waals surface area contributed by atoms with E-state index in [0.717, 1.165) is 48.8 Å². The lowest BCUT2D eigenvalue weighted by molar-refractivity contribution is 0.323. The van der Waals surface area contributed by atoms with Gasteiger partial charge in [0.15, 0.2) is 5.82 Å². The number of nitrogens with zero attached hydrogens (tertiary/aromatic N) is 5. The molecule has 2 aromatic rings. The van der Waals surface area contributed by atoms with Crippen LogP contribution in [0.4, 0.5) is 4.39 Å². The third kappa shape index (κ3) is 5.55. The molecule has 31 heavy (non-hydrogen) atoms. The number of hydrogen-bond acceptors (Lipinski definition) is 6. The Bertz CT molecular complexity index is 969. The fourth-order valence-corrected chi connectivity index (χ4v) is 3.67. The van der Waals surface area contributed by atoms with Crippen LogP contribution in [0.1, 0.15) is 32.8 Å². The van der Waals surface area contributed by atoms with Crippen molar-refractivity contribution in [2.75, 3.05) is 26.7 Å². The number of aromatic nitrogens is 2. The summed E-state index contributed by atoms with van der Waals surface area (Å²) in [4.78, 5) is 17.5. The van der Waals surface area contributed by atoms with Gasteiger partial charge >= 0.3 is 0 Å². The van der Waals surface area contributed by atoms with Gasteiger partial charge in [-0.25, -0.2) is 19.4 Å². The Balaban J connectivity index is 1.75. The summed E-state index contributed by atoms with van der Waals surface area (Å²) in [5.74, 6) is 1.17. The molecule has 0 spiro atoms. The second-order valence-corrected chi connectivity index (χ2v) is 7.67.